The van der Waals surface area contributed by atoms with Gasteiger partial charge < -0.3 is 0 Å². The van der Waals surface area contributed by atoms with Crippen molar-refractivity contribution in [3.63, 3.8) is 0 Å². The van der Waals surface area contributed by atoms with E-state index in [1.54, 1.807) is 6.26 Å². The average Bonchev–Trinajstić information content (AvgIpc) is 2.12. The highest BCUT2D eigenvalue weighted by atomic mass is 32.2. The van der Waals surface area contributed by atoms with Crippen LogP contribution in [0.2, 0.25) is 0 Å². The van der Waals surface area contributed by atoms with E-state index in [1.165, 1.54) is 0 Å². The molecule has 1 unspecified atom stereocenters. The monoisotopic (exact) mass is 268 g/mol. The number of nitrogens with zero attached hydrogens (tertiary/aromatic N) is 2. The van der Waals surface area contributed by atoms with Gasteiger partial charge in [0.05, 0.1) is 5.69 Å². The Labute approximate surface area is 111 Å². The van der Waals surface area contributed by atoms with Crippen LogP contribution in [-0.4, -0.2) is 26.3 Å². The van der Waals surface area contributed by atoms with E-state index in [2.05, 4.69) is 50.5 Å². The van der Waals surface area contributed by atoms with Crippen molar-refractivity contribution in [1.29, 1.82) is 0 Å². The number of aryl methyl sites for hydroxylation is 1. The summed E-state index contributed by atoms with van der Waals surface area (Å²) < 4.78 is 12.1. The molecule has 0 aliphatic carbocycles. The summed E-state index contributed by atoms with van der Waals surface area (Å²) in [6, 6.07) is 0. The first-order chi connectivity index (χ1) is 7.94. The number of aromatic nitrogens is 2. The predicted molar refractivity (Wildman–Crippen MR) is 79.0 cm³/mol. The molecule has 3 nitrogen and oxygen atoms in total. The second-order valence-corrected chi connectivity index (χ2v) is 8.64. The van der Waals surface area contributed by atoms with Crippen LogP contribution in [0.15, 0.2) is 5.16 Å². The van der Waals surface area contributed by atoms with Gasteiger partial charge >= 0.3 is 0 Å². The molecule has 0 radical (unpaired) electrons. The van der Waals surface area contributed by atoms with Crippen LogP contribution in [0, 0.1) is 6.92 Å². The predicted octanol–water partition coefficient (Wildman–Crippen LogP) is 2.91. The minimum absolute atomic E-state index is 0.0905. The third kappa shape index (κ3) is 3.10. The third-order valence-corrected chi connectivity index (χ3v) is 3.74. The van der Waals surface area contributed by atoms with E-state index in [0.29, 0.717) is 11.1 Å². The Hall–Kier alpha value is -0.900. The van der Waals surface area contributed by atoms with Gasteiger partial charge in [-0.3, -0.25) is 4.21 Å². The van der Waals surface area contributed by atoms with Crippen molar-refractivity contribution in [2.24, 2.45) is 0 Å². The molecule has 0 aliphatic heterocycles. The lowest BCUT2D eigenvalue weighted by Crippen LogP contribution is -2.22. The number of rotatable bonds is 2. The van der Waals surface area contributed by atoms with E-state index in [1.807, 2.05) is 6.92 Å². The van der Waals surface area contributed by atoms with Crippen molar-refractivity contribution in [3.05, 3.63) is 17.0 Å². The van der Waals surface area contributed by atoms with Gasteiger partial charge in [-0.2, -0.15) is 0 Å². The Bertz CT molecular complexity index is 552. The van der Waals surface area contributed by atoms with E-state index in [-0.39, 0.29) is 5.41 Å². The van der Waals surface area contributed by atoms with E-state index >= 15 is 0 Å². The zero-order valence-corrected chi connectivity index (χ0v) is 13.3. The molecule has 4 heteroatoms. The molecule has 18 heavy (non-hydrogen) atoms. The number of hydrogen-bond acceptors (Lipinski definition) is 3. The summed E-state index contributed by atoms with van der Waals surface area (Å²) in [7, 11) is -2.37. The van der Waals surface area contributed by atoms with Crippen molar-refractivity contribution in [2.75, 3.05) is 6.26 Å². The average molecular weight is 268 g/mol. The molecule has 1 heterocycles. The lowest BCUT2D eigenvalue weighted by molar-refractivity contribution is 0.538. The fourth-order valence-electron chi connectivity index (χ4n) is 2.01. The Morgan fingerprint density at radius 1 is 1.22 bits per heavy atom. The summed E-state index contributed by atoms with van der Waals surface area (Å²) in [5.74, 6) is 4.04. The zero-order valence-electron chi connectivity index (χ0n) is 12.5. The standard InChI is InChI=1S/C14H24N2OS/c1-9(2)11-10(3)15-13(18(7,8)17)16-12(11)14(4,5)6/h9H,7H2,1-6,8H3. The molecule has 0 N–H and O–H groups in total. The molecule has 0 spiro atoms. The summed E-state index contributed by atoms with van der Waals surface area (Å²) in [5.41, 5.74) is 2.97. The van der Waals surface area contributed by atoms with Crippen molar-refractivity contribution in [3.8, 4) is 0 Å². The lowest BCUT2D eigenvalue weighted by atomic mass is 9.84. The molecule has 0 fully saturated rings. The fraction of sp³-hybridized carbons (Fsp3) is 0.643. The van der Waals surface area contributed by atoms with Crippen molar-refractivity contribution in [2.45, 2.75) is 58.0 Å². The number of hydrogen-bond donors (Lipinski definition) is 0. The zero-order chi connectivity index (χ0) is 14.3. The maximum atomic E-state index is 12.1. The Balaban J connectivity index is 3.69. The van der Waals surface area contributed by atoms with E-state index < -0.39 is 9.52 Å². The van der Waals surface area contributed by atoms with Gasteiger partial charge in [0.25, 0.3) is 0 Å². The van der Waals surface area contributed by atoms with Crippen molar-refractivity contribution < 1.29 is 4.21 Å². The van der Waals surface area contributed by atoms with Crippen LogP contribution in [0.25, 0.3) is 0 Å². The van der Waals surface area contributed by atoms with Gasteiger partial charge in [-0.25, -0.2) is 9.97 Å². The van der Waals surface area contributed by atoms with Crippen LogP contribution < -0.4 is 0 Å². The molecular weight excluding hydrogens is 244 g/mol. The molecule has 1 aromatic rings. The molecule has 0 saturated heterocycles. The normalized spacial score (nSPS) is 15.8. The highest BCUT2D eigenvalue weighted by Gasteiger charge is 2.25. The largest absolute Gasteiger partial charge is 0.260 e. The molecule has 0 saturated carbocycles. The Kier molecular flexibility index (Phi) is 3.92. The van der Waals surface area contributed by atoms with Gasteiger partial charge in [0.1, 0.15) is 0 Å². The Morgan fingerprint density at radius 2 is 1.72 bits per heavy atom. The topological polar surface area (TPSA) is 42.9 Å². The highest BCUT2D eigenvalue weighted by Crippen LogP contribution is 2.31. The van der Waals surface area contributed by atoms with Crippen LogP contribution >= 0.6 is 0 Å². The lowest BCUT2D eigenvalue weighted by Gasteiger charge is -2.25. The first-order valence-electron chi connectivity index (χ1n) is 6.16. The van der Waals surface area contributed by atoms with Gasteiger partial charge in [0.15, 0.2) is 0 Å². The minimum Gasteiger partial charge on any atom is -0.260 e. The summed E-state index contributed by atoms with van der Waals surface area (Å²) in [6.45, 7) is 12.6. The maximum absolute atomic E-state index is 12.1. The summed E-state index contributed by atoms with van der Waals surface area (Å²) >= 11 is 0. The van der Waals surface area contributed by atoms with Crippen LogP contribution in [0.1, 0.15) is 57.5 Å². The van der Waals surface area contributed by atoms with Gasteiger partial charge in [0.2, 0.25) is 5.16 Å². The third-order valence-electron chi connectivity index (χ3n) is 2.79. The molecule has 1 aromatic heterocycles. The molecule has 102 valence electrons. The molecular formula is C14H24N2OS. The minimum atomic E-state index is -2.37. The first-order valence-corrected chi connectivity index (χ1v) is 8.29. The second kappa shape index (κ2) is 4.65. The molecule has 0 bridgehead atoms. The maximum Gasteiger partial charge on any atom is 0.210 e. The molecule has 1 rings (SSSR count). The molecule has 1 atom stereocenters. The van der Waals surface area contributed by atoms with Crippen LogP contribution in [0.3, 0.4) is 0 Å². The smallest absolute Gasteiger partial charge is 0.210 e. The van der Waals surface area contributed by atoms with Crippen molar-refractivity contribution >= 4 is 15.4 Å². The van der Waals surface area contributed by atoms with E-state index in [9.17, 15) is 4.21 Å². The SMILES string of the molecule is C=S(C)(=O)c1nc(C)c(C(C)C)c(C(C)(C)C)n1. The van der Waals surface area contributed by atoms with Gasteiger partial charge in [-0.05, 0) is 24.3 Å². The molecule has 0 amide bonds. The van der Waals surface area contributed by atoms with E-state index in [4.69, 9.17) is 0 Å². The van der Waals surface area contributed by atoms with Crippen LogP contribution in [0.5, 0.6) is 0 Å². The summed E-state index contributed by atoms with van der Waals surface area (Å²) in [4.78, 5) is 8.94. The van der Waals surface area contributed by atoms with Gasteiger partial charge in [-0.1, -0.05) is 34.6 Å². The summed E-state index contributed by atoms with van der Waals surface area (Å²) in [6.07, 6.45) is 1.59. The summed E-state index contributed by atoms with van der Waals surface area (Å²) in [5, 5.41) is 0.370. The molecule has 0 aromatic carbocycles. The van der Waals surface area contributed by atoms with E-state index in [0.717, 1.165) is 17.0 Å². The van der Waals surface area contributed by atoms with Crippen LogP contribution in [-0.2, 0) is 14.9 Å². The fourth-order valence-corrected chi connectivity index (χ4v) is 2.63. The Morgan fingerprint density at radius 3 is 2.06 bits per heavy atom. The first kappa shape index (κ1) is 15.2. The van der Waals surface area contributed by atoms with Gasteiger partial charge in [0, 0.05) is 26.9 Å². The quantitative estimate of drug-likeness (QED) is 0.612. The van der Waals surface area contributed by atoms with Crippen LogP contribution in [0.4, 0.5) is 0 Å². The molecule has 0 aliphatic rings. The van der Waals surface area contributed by atoms with Crippen molar-refractivity contribution in [1.82, 2.24) is 9.97 Å². The highest BCUT2D eigenvalue weighted by molar-refractivity contribution is 7.99. The van der Waals surface area contributed by atoms with Gasteiger partial charge in [-0.15, -0.1) is 0 Å². The second-order valence-electron chi connectivity index (χ2n) is 6.26.